The van der Waals surface area contributed by atoms with Gasteiger partial charge in [0.2, 0.25) is 0 Å². The zero-order valence-corrected chi connectivity index (χ0v) is 14.4. The SMILES string of the molecule is Cl.Cl.NC(CCNc1ccccc1)C(O)COc1ccccc1. The fourth-order valence-corrected chi connectivity index (χ4v) is 1.95. The quantitative estimate of drug-likeness (QED) is 0.678. The highest BCUT2D eigenvalue weighted by Crippen LogP contribution is 2.10. The molecule has 0 spiro atoms. The van der Waals surface area contributed by atoms with Gasteiger partial charge in [-0.25, -0.2) is 0 Å². The lowest BCUT2D eigenvalue weighted by atomic mass is 10.1. The zero-order chi connectivity index (χ0) is 14.9. The van der Waals surface area contributed by atoms with Crippen molar-refractivity contribution in [3.05, 3.63) is 60.7 Å². The number of halogens is 2. The van der Waals surface area contributed by atoms with E-state index in [-0.39, 0.29) is 37.5 Å². The predicted molar refractivity (Wildman–Crippen MR) is 100.0 cm³/mol. The maximum absolute atomic E-state index is 10.00. The van der Waals surface area contributed by atoms with Gasteiger partial charge in [0.1, 0.15) is 18.5 Å². The molecular weight excluding hydrogens is 335 g/mol. The normalized spacial score (nSPS) is 12.3. The summed E-state index contributed by atoms with van der Waals surface area (Å²) in [4.78, 5) is 0. The van der Waals surface area contributed by atoms with Crippen LogP contribution in [0.15, 0.2) is 60.7 Å². The van der Waals surface area contributed by atoms with Crippen LogP contribution in [0.5, 0.6) is 5.75 Å². The van der Waals surface area contributed by atoms with Crippen molar-refractivity contribution in [3.8, 4) is 5.75 Å². The smallest absolute Gasteiger partial charge is 0.119 e. The van der Waals surface area contributed by atoms with Crippen LogP contribution in [0.1, 0.15) is 6.42 Å². The Balaban J connectivity index is 0.00000242. The van der Waals surface area contributed by atoms with E-state index < -0.39 is 6.10 Å². The fourth-order valence-electron chi connectivity index (χ4n) is 1.95. The molecule has 2 atom stereocenters. The number of nitrogens with one attached hydrogen (secondary N) is 1. The van der Waals surface area contributed by atoms with Crippen LogP contribution in [0.4, 0.5) is 5.69 Å². The molecule has 0 amide bonds. The van der Waals surface area contributed by atoms with Crippen LogP contribution in [0.3, 0.4) is 0 Å². The minimum atomic E-state index is -0.678. The molecule has 2 rings (SSSR count). The predicted octanol–water partition coefficient (Wildman–Crippen LogP) is 3.10. The molecule has 0 radical (unpaired) electrons. The molecule has 0 aliphatic carbocycles. The first-order valence-corrected chi connectivity index (χ1v) is 7.16. The molecule has 4 N–H and O–H groups in total. The third-order valence-corrected chi connectivity index (χ3v) is 3.24. The molecule has 2 unspecified atom stereocenters. The lowest BCUT2D eigenvalue weighted by Crippen LogP contribution is -2.40. The second kappa shape index (κ2) is 12.0. The van der Waals surface area contributed by atoms with Crippen molar-refractivity contribution in [1.29, 1.82) is 0 Å². The molecule has 2 aromatic carbocycles. The van der Waals surface area contributed by atoms with E-state index in [1.807, 2.05) is 60.7 Å². The minimum Gasteiger partial charge on any atom is -0.491 e. The second-order valence-corrected chi connectivity index (χ2v) is 4.94. The molecule has 128 valence electrons. The summed E-state index contributed by atoms with van der Waals surface area (Å²) in [5.41, 5.74) is 7.03. The number of benzene rings is 2. The number of para-hydroxylation sites is 2. The fraction of sp³-hybridized carbons (Fsp3) is 0.294. The van der Waals surface area contributed by atoms with Gasteiger partial charge in [0.15, 0.2) is 0 Å². The Morgan fingerprint density at radius 1 is 0.957 bits per heavy atom. The maximum atomic E-state index is 10.00. The minimum absolute atomic E-state index is 0. The Morgan fingerprint density at radius 3 is 2.13 bits per heavy atom. The van der Waals surface area contributed by atoms with Gasteiger partial charge >= 0.3 is 0 Å². The van der Waals surface area contributed by atoms with Crippen LogP contribution in [-0.4, -0.2) is 30.4 Å². The van der Waals surface area contributed by atoms with E-state index in [1.165, 1.54) is 0 Å². The monoisotopic (exact) mass is 358 g/mol. The summed E-state index contributed by atoms with van der Waals surface area (Å²) in [6.07, 6.45) is -0.00317. The third kappa shape index (κ3) is 8.09. The van der Waals surface area contributed by atoms with Crippen LogP contribution in [0.2, 0.25) is 0 Å². The molecule has 0 aliphatic rings. The second-order valence-electron chi connectivity index (χ2n) is 4.94. The van der Waals surface area contributed by atoms with Crippen LogP contribution >= 0.6 is 24.8 Å². The molecule has 2 aromatic rings. The van der Waals surface area contributed by atoms with Crippen molar-refractivity contribution in [2.45, 2.75) is 18.6 Å². The van der Waals surface area contributed by atoms with Gasteiger partial charge in [0, 0.05) is 18.3 Å². The lowest BCUT2D eigenvalue weighted by molar-refractivity contribution is 0.0836. The van der Waals surface area contributed by atoms with E-state index in [0.717, 1.165) is 11.4 Å². The van der Waals surface area contributed by atoms with Crippen molar-refractivity contribution in [2.75, 3.05) is 18.5 Å². The molecule has 0 saturated heterocycles. The summed E-state index contributed by atoms with van der Waals surface area (Å²) in [5, 5.41) is 13.3. The number of anilines is 1. The molecule has 0 aromatic heterocycles. The number of hydrogen-bond acceptors (Lipinski definition) is 4. The van der Waals surface area contributed by atoms with Crippen molar-refractivity contribution in [1.82, 2.24) is 0 Å². The van der Waals surface area contributed by atoms with Gasteiger partial charge in [-0.15, -0.1) is 24.8 Å². The van der Waals surface area contributed by atoms with Gasteiger partial charge < -0.3 is 20.9 Å². The van der Waals surface area contributed by atoms with Crippen LogP contribution in [0, 0.1) is 0 Å². The standard InChI is InChI=1S/C17H22N2O2.2ClH/c18-16(11-12-19-14-7-3-1-4-8-14)17(20)13-21-15-9-5-2-6-10-15;;/h1-10,16-17,19-20H,11-13,18H2;2*1H. The molecular formula is C17H24Cl2N2O2. The molecule has 0 fully saturated rings. The highest BCUT2D eigenvalue weighted by Gasteiger charge is 2.15. The summed E-state index contributed by atoms with van der Waals surface area (Å²) in [5.74, 6) is 0.742. The van der Waals surface area contributed by atoms with E-state index in [1.54, 1.807) is 0 Å². The molecule has 0 aliphatic heterocycles. The van der Waals surface area contributed by atoms with Gasteiger partial charge in [-0.3, -0.25) is 0 Å². The first-order chi connectivity index (χ1) is 10.3. The van der Waals surface area contributed by atoms with Gasteiger partial charge in [-0.1, -0.05) is 36.4 Å². The molecule has 6 heteroatoms. The zero-order valence-electron chi connectivity index (χ0n) is 12.8. The Hall–Kier alpha value is -1.46. The van der Waals surface area contributed by atoms with E-state index in [2.05, 4.69) is 5.32 Å². The molecule has 0 bridgehead atoms. The number of aliphatic hydroxyl groups excluding tert-OH is 1. The average Bonchev–Trinajstić information content (AvgIpc) is 2.54. The molecule has 0 heterocycles. The van der Waals surface area contributed by atoms with E-state index in [9.17, 15) is 5.11 Å². The maximum Gasteiger partial charge on any atom is 0.119 e. The van der Waals surface area contributed by atoms with Gasteiger partial charge in [0.25, 0.3) is 0 Å². The largest absolute Gasteiger partial charge is 0.491 e. The van der Waals surface area contributed by atoms with Crippen LogP contribution in [0.25, 0.3) is 0 Å². The van der Waals surface area contributed by atoms with E-state index in [4.69, 9.17) is 10.5 Å². The van der Waals surface area contributed by atoms with Crippen molar-refractivity contribution >= 4 is 30.5 Å². The first kappa shape index (κ1) is 21.5. The molecule has 0 saturated carbocycles. The number of aliphatic hydroxyl groups is 1. The third-order valence-electron chi connectivity index (χ3n) is 3.24. The van der Waals surface area contributed by atoms with Crippen molar-refractivity contribution in [2.24, 2.45) is 5.73 Å². The Kier molecular flexibility index (Phi) is 11.3. The highest BCUT2D eigenvalue weighted by molar-refractivity contribution is 5.85. The van der Waals surface area contributed by atoms with E-state index in [0.29, 0.717) is 13.0 Å². The summed E-state index contributed by atoms with van der Waals surface area (Å²) >= 11 is 0. The topological polar surface area (TPSA) is 67.5 Å². The van der Waals surface area contributed by atoms with Crippen molar-refractivity contribution in [3.63, 3.8) is 0 Å². The molecule has 23 heavy (non-hydrogen) atoms. The summed E-state index contributed by atoms with van der Waals surface area (Å²) in [6, 6.07) is 19.0. The lowest BCUT2D eigenvalue weighted by Gasteiger charge is -2.19. The highest BCUT2D eigenvalue weighted by atomic mass is 35.5. The Labute approximate surface area is 149 Å². The Bertz CT molecular complexity index is 515. The average molecular weight is 359 g/mol. The van der Waals surface area contributed by atoms with Gasteiger partial charge in [0.05, 0.1) is 0 Å². The summed E-state index contributed by atoms with van der Waals surface area (Å²) in [7, 11) is 0. The summed E-state index contributed by atoms with van der Waals surface area (Å²) in [6.45, 7) is 0.921. The summed E-state index contributed by atoms with van der Waals surface area (Å²) < 4.78 is 5.50. The molecule has 4 nitrogen and oxygen atoms in total. The number of rotatable bonds is 8. The number of nitrogens with two attached hydrogens (primary N) is 1. The van der Waals surface area contributed by atoms with Gasteiger partial charge in [-0.05, 0) is 30.7 Å². The van der Waals surface area contributed by atoms with Crippen molar-refractivity contribution < 1.29 is 9.84 Å². The Morgan fingerprint density at radius 2 is 1.52 bits per heavy atom. The van der Waals surface area contributed by atoms with E-state index >= 15 is 0 Å². The first-order valence-electron chi connectivity index (χ1n) is 7.16. The number of ether oxygens (including phenoxy) is 1. The van der Waals surface area contributed by atoms with Crippen LogP contribution in [-0.2, 0) is 0 Å². The van der Waals surface area contributed by atoms with Gasteiger partial charge in [-0.2, -0.15) is 0 Å². The number of hydrogen-bond donors (Lipinski definition) is 3. The van der Waals surface area contributed by atoms with Crippen LogP contribution < -0.4 is 15.8 Å².